The number of hydrogen-bond acceptors (Lipinski definition) is 2. The molecule has 0 heterocycles. The average molecular weight is 485 g/mol. The van der Waals surface area contributed by atoms with Crippen molar-refractivity contribution >= 4 is 8.56 Å². The van der Waals surface area contributed by atoms with Crippen LogP contribution in [-0.4, -0.2) is 21.8 Å². The van der Waals surface area contributed by atoms with E-state index >= 15 is 0 Å². The van der Waals surface area contributed by atoms with Crippen LogP contribution in [0.2, 0.25) is 13.1 Å². The van der Waals surface area contributed by atoms with E-state index in [0.29, 0.717) is 0 Å². The van der Waals surface area contributed by atoms with Gasteiger partial charge in [0.25, 0.3) is 0 Å². The number of unbranched alkanes of at least 4 members (excludes halogenated alkanes) is 22. The lowest BCUT2D eigenvalue weighted by atomic mass is 10.1. The van der Waals surface area contributed by atoms with Gasteiger partial charge in [-0.15, -0.1) is 0 Å². The molecule has 0 N–H and O–H groups in total. The second-order valence-electron chi connectivity index (χ2n) is 10.9. The maximum atomic E-state index is 6.15. The van der Waals surface area contributed by atoms with Crippen LogP contribution in [0.1, 0.15) is 168 Å². The molecule has 0 radical (unpaired) electrons. The second-order valence-corrected chi connectivity index (χ2v) is 14.3. The Labute approximate surface area is 211 Å². The van der Waals surface area contributed by atoms with E-state index in [1.807, 2.05) is 0 Å². The first-order valence-corrected chi connectivity index (χ1v) is 18.2. The van der Waals surface area contributed by atoms with E-state index in [2.05, 4.69) is 26.9 Å². The van der Waals surface area contributed by atoms with Crippen LogP contribution in [0.5, 0.6) is 0 Å². The summed E-state index contributed by atoms with van der Waals surface area (Å²) in [5.74, 6) is 0. The molecule has 3 heteroatoms. The van der Waals surface area contributed by atoms with Gasteiger partial charge in [-0.05, 0) is 25.9 Å². The van der Waals surface area contributed by atoms with E-state index in [9.17, 15) is 0 Å². The maximum absolute atomic E-state index is 6.15. The van der Waals surface area contributed by atoms with Gasteiger partial charge < -0.3 is 8.85 Å². The van der Waals surface area contributed by atoms with Crippen LogP contribution in [0.4, 0.5) is 0 Å². The predicted molar refractivity (Wildman–Crippen MR) is 152 cm³/mol. The molecule has 0 amide bonds. The van der Waals surface area contributed by atoms with Crippen molar-refractivity contribution in [3.05, 3.63) is 0 Å². The van der Waals surface area contributed by atoms with Crippen molar-refractivity contribution in [2.24, 2.45) is 0 Å². The Morgan fingerprint density at radius 2 is 0.545 bits per heavy atom. The molecule has 33 heavy (non-hydrogen) atoms. The quantitative estimate of drug-likeness (QED) is 0.0811. The van der Waals surface area contributed by atoms with Gasteiger partial charge in [0, 0.05) is 13.2 Å². The van der Waals surface area contributed by atoms with Crippen LogP contribution < -0.4 is 0 Å². The van der Waals surface area contributed by atoms with Crippen LogP contribution in [0.3, 0.4) is 0 Å². The lowest BCUT2D eigenvalue weighted by Crippen LogP contribution is -2.35. The van der Waals surface area contributed by atoms with Gasteiger partial charge in [0.05, 0.1) is 0 Å². The van der Waals surface area contributed by atoms with Gasteiger partial charge in [0.15, 0.2) is 0 Å². The monoisotopic (exact) mass is 484 g/mol. The van der Waals surface area contributed by atoms with E-state index < -0.39 is 8.56 Å². The lowest BCUT2D eigenvalue weighted by molar-refractivity contribution is 0.172. The first-order valence-electron chi connectivity index (χ1n) is 15.4. The Morgan fingerprint density at radius 1 is 0.333 bits per heavy atom. The van der Waals surface area contributed by atoms with Crippen LogP contribution in [0, 0.1) is 0 Å². The number of hydrogen-bond donors (Lipinski definition) is 0. The van der Waals surface area contributed by atoms with Gasteiger partial charge in [-0.25, -0.2) is 0 Å². The van der Waals surface area contributed by atoms with Crippen LogP contribution in [0.15, 0.2) is 0 Å². The summed E-state index contributed by atoms with van der Waals surface area (Å²) in [5, 5.41) is 0. The van der Waals surface area contributed by atoms with Gasteiger partial charge in [0.2, 0.25) is 0 Å². The zero-order valence-corrected chi connectivity index (χ0v) is 24.7. The minimum absolute atomic E-state index is 0.898. The summed E-state index contributed by atoms with van der Waals surface area (Å²) in [6.45, 7) is 10.8. The zero-order chi connectivity index (χ0) is 24.3. The Bertz CT molecular complexity index is 327. The Balaban J connectivity index is 3.28. The van der Waals surface area contributed by atoms with Crippen LogP contribution in [-0.2, 0) is 8.85 Å². The molecule has 0 unspecified atom stereocenters. The summed E-state index contributed by atoms with van der Waals surface area (Å²) in [7, 11) is -1.90. The van der Waals surface area contributed by atoms with Crippen molar-refractivity contribution < 1.29 is 8.85 Å². The Hall–Kier alpha value is 0.137. The predicted octanol–water partition coefficient (Wildman–Crippen LogP) is 11.1. The van der Waals surface area contributed by atoms with E-state index in [-0.39, 0.29) is 0 Å². The van der Waals surface area contributed by atoms with Gasteiger partial charge in [-0.1, -0.05) is 155 Å². The van der Waals surface area contributed by atoms with Gasteiger partial charge in [-0.3, -0.25) is 0 Å². The van der Waals surface area contributed by atoms with Crippen molar-refractivity contribution in [3.63, 3.8) is 0 Å². The smallest absolute Gasteiger partial charge is 0.331 e. The van der Waals surface area contributed by atoms with Crippen molar-refractivity contribution in [1.82, 2.24) is 0 Å². The standard InChI is InChI=1S/C30H64O2Si/c1-5-7-9-11-13-15-17-19-21-23-25-27-29-31-33(3,4)32-30-28-26-24-22-20-18-16-14-12-10-8-6-2/h5-30H2,1-4H3. The third-order valence-corrected chi connectivity index (χ3v) is 8.69. The molecule has 0 spiro atoms. The fourth-order valence-corrected chi connectivity index (χ4v) is 5.92. The highest BCUT2D eigenvalue weighted by atomic mass is 28.4. The highest BCUT2D eigenvalue weighted by Gasteiger charge is 2.23. The number of rotatable bonds is 28. The summed E-state index contributed by atoms with van der Waals surface area (Å²) in [5.41, 5.74) is 0. The minimum Gasteiger partial charge on any atom is -0.395 e. The highest BCUT2D eigenvalue weighted by molar-refractivity contribution is 6.64. The third kappa shape index (κ3) is 28.3. The normalized spacial score (nSPS) is 12.0. The lowest BCUT2D eigenvalue weighted by Gasteiger charge is -2.23. The van der Waals surface area contributed by atoms with E-state index in [1.165, 1.54) is 154 Å². The highest BCUT2D eigenvalue weighted by Crippen LogP contribution is 2.15. The molecule has 0 aromatic heterocycles. The third-order valence-electron chi connectivity index (χ3n) is 6.90. The molecule has 0 saturated heterocycles. The van der Waals surface area contributed by atoms with Crippen LogP contribution >= 0.6 is 0 Å². The van der Waals surface area contributed by atoms with E-state index in [1.54, 1.807) is 0 Å². The summed E-state index contributed by atoms with van der Waals surface area (Å²) in [6, 6.07) is 0. The van der Waals surface area contributed by atoms with Crippen LogP contribution in [0.25, 0.3) is 0 Å². The molecule has 0 atom stereocenters. The minimum atomic E-state index is -1.90. The SMILES string of the molecule is CCCCCCCCCCCCCCO[Si](C)(C)OCCCCCCCCCCCCCC. The second kappa shape index (κ2) is 26.7. The van der Waals surface area contributed by atoms with Crippen molar-refractivity contribution in [2.75, 3.05) is 13.2 Å². The molecule has 0 bridgehead atoms. The van der Waals surface area contributed by atoms with Crippen molar-refractivity contribution in [2.45, 2.75) is 181 Å². The fourth-order valence-electron chi connectivity index (χ4n) is 4.56. The average Bonchev–Trinajstić information content (AvgIpc) is 2.80. The van der Waals surface area contributed by atoms with E-state index in [0.717, 1.165) is 13.2 Å². The molecule has 200 valence electrons. The molecule has 0 aliphatic heterocycles. The zero-order valence-electron chi connectivity index (χ0n) is 23.7. The van der Waals surface area contributed by atoms with Crippen molar-refractivity contribution in [3.8, 4) is 0 Å². The molecule has 0 aromatic rings. The Kier molecular flexibility index (Phi) is 26.8. The molecule has 0 aliphatic carbocycles. The topological polar surface area (TPSA) is 18.5 Å². The van der Waals surface area contributed by atoms with Gasteiger partial charge >= 0.3 is 8.56 Å². The summed E-state index contributed by atoms with van der Waals surface area (Å²) >= 11 is 0. The van der Waals surface area contributed by atoms with E-state index in [4.69, 9.17) is 8.85 Å². The molecule has 0 fully saturated rings. The van der Waals surface area contributed by atoms with Gasteiger partial charge in [0.1, 0.15) is 0 Å². The molecule has 0 saturated carbocycles. The first-order chi connectivity index (χ1) is 16.1. The van der Waals surface area contributed by atoms with Gasteiger partial charge in [-0.2, -0.15) is 0 Å². The summed E-state index contributed by atoms with van der Waals surface area (Å²) < 4.78 is 12.3. The molecule has 0 aliphatic rings. The molecular weight excluding hydrogens is 420 g/mol. The molecule has 2 nitrogen and oxygen atoms in total. The first kappa shape index (κ1) is 33.1. The largest absolute Gasteiger partial charge is 0.395 e. The molecule has 0 rings (SSSR count). The van der Waals surface area contributed by atoms with Crippen molar-refractivity contribution in [1.29, 1.82) is 0 Å². The summed E-state index contributed by atoms with van der Waals surface area (Å²) in [6.07, 6.45) is 33.5. The summed E-state index contributed by atoms with van der Waals surface area (Å²) in [4.78, 5) is 0. The maximum Gasteiger partial charge on any atom is 0.331 e. The molecular formula is C30H64O2Si. The Morgan fingerprint density at radius 3 is 0.788 bits per heavy atom. The molecule has 0 aromatic carbocycles. The fraction of sp³-hybridized carbons (Fsp3) is 1.00.